The first-order chi connectivity index (χ1) is 8.15. The van der Waals surface area contributed by atoms with Crippen LogP contribution < -0.4 is 5.32 Å². The summed E-state index contributed by atoms with van der Waals surface area (Å²) in [7, 11) is 0. The average Bonchev–Trinajstić information content (AvgIpc) is 2.32. The van der Waals surface area contributed by atoms with E-state index < -0.39 is 0 Å². The van der Waals surface area contributed by atoms with Crippen molar-refractivity contribution in [3.05, 3.63) is 63.3 Å². The van der Waals surface area contributed by atoms with E-state index in [-0.39, 0.29) is 5.82 Å². The second kappa shape index (κ2) is 5.52. The Labute approximate surface area is 113 Å². The minimum atomic E-state index is -0.240. The van der Waals surface area contributed by atoms with E-state index in [0.717, 1.165) is 15.7 Å². The van der Waals surface area contributed by atoms with E-state index in [1.54, 1.807) is 12.1 Å². The molecule has 2 aromatic rings. The third-order valence-corrected chi connectivity index (χ3v) is 3.20. The van der Waals surface area contributed by atoms with Gasteiger partial charge < -0.3 is 5.32 Å². The van der Waals surface area contributed by atoms with Crippen molar-refractivity contribution >= 4 is 33.2 Å². The van der Waals surface area contributed by atoms with Gasteiger partial charge in [0.1, 0.15) is 5.82 Å². The van der Waals surface area contributed by atoms with Crippen LogP contribution in [0, 0.1) is 5.82 Å². The summed E-state index contributed by atoms with van der Waals surface area (Å²) in [6, 6.07) is 11.9. The van der Waals surface area contributed by atoms with Crippen LogP contribution in [0.1, 0.15) is 5.56 Å². The Hall–Kier alpha value is -1.06. The Morgan fingerprint density at radius 2 is 1.82 bits per heavy atom. The summed E-state index contributed by atoms with van der Waals surface area (Å²) in [6.07, 6.45) is 0. The van der Waals surface area contributed by atoms with Crippen LogP contribution in [0.25, 0.3) is 0 Å². The molecule has 88 valence electrons. The zero-order chi connectivity index (χ0) is 12.3. The first kappa shape index (κ1) is 12.4. The number of rotatable bonds is 3. The number of hydrogen-bond acceptors (Lipinski definition) is 1. The second-order valence-corrected chi connectivity index (χ2v) is 4.92. The highest BCUT2D eigenvalue weighted by Crippen LogP contribution is 2.22. The molecule has 0 spiro atoms. The minimum Gasteiger partial charge on any atom is -0.381 e. The van der Waals surface area contributed by atoms with Crippen molar-refractivity contribution in [3.8, 4) is 0 Å². The van der Waals surface area contributed by atoms with Crippen molar-refractivity contribution < 1.29 is 4.39 Å². The molecule has 0 atom stereocenters. The lowest BCUT2D eigenvalue weighted by molar-refractivity contribution is 0.628. The van der Waals surface area contributed by atoms with Crippen LogP contribution in [0.5, 0.6) is 0 Å². The van der Waals surface area contributed by atoms with Gasteiger partial charge in [0.15, 0.2) is 0 Å². The quantitative estimate of drug-likeness (QED) is 0.853. The van der Waals surface area contributed by atoms with Crippen LogP contribution in [0.4, 0.5) is 10.1 Å². The molecular formula is C13H10BrClFN. The summed E-state index contributed by atoms with van der Waals surface area (Å²) in [5.74, 6) is -0.240. The maximum atomic E-state index is 12.7. The first-order valence-corrected chi connectivity index (χ1v) is 6.25. The fraction of sp³-hybridized carbons (Fsp3) is 0.0769. The summed E-state index contributed by atoms with van der Waals surface area (Å²) < 4.78 is 13.7. The van der Waals surface area contributed by atoms with Crippen molar-refractivity contribution in [2.24, 2.45) is 0 Å². The molecule has 2 aromatic carbocycles. The van der Waals surface area contributed by atoms with Gasteiger partial charge in [0.05, 0.1) is 0 Å². The molecule has 0 bridgehead atoms. The molecule has 1 nitrogen and oxygen atoms in total. The molecule has 0 aliphatic rings. The van der Waals surface area contributed by atoms with E-state index in [2.05, 4.69) is 21.2 Å². The molecule has 0 unspecified atom stereocenters. The smallest absolute Gasteiger partial charge is 0.123 e. The van der Waals surface area contributed by atoms with Gasteiger partial charge in [-0.3, -0.25) is 0 Å². The maximum Gasteiger partial charge on any atom is 0.123 e. The molecule has 0 aliphatic heterocycles. The number of halogens is 3. The van der Waals surface area contributed by atoms with Gasteiger partial charge in [0, 0.05) is 21.7 Å². The Morgan fingerprint density at radius 3 is 2.53 bits per heavy atom. The molecule has 0 fully saturated rings. The van der Waals surface area contributed by atoms with Gasteiger partial charge in [-0.2, -0.15) is 0 Å². The van der Waals surface area contributed by atoms with Gasteiger partial charge in [0.2, 0.25) is 0 Å². The van der Waals surface area contributed by atoms with E-state index in [1.165, 1.54) is 12.1 Å². The Bertz CT molecular complexity index is 513. The van der Waals surface area contributed by atoms with Crippen molar-refractivity contribution in [1.82, 2.24) is 0 Å². The van der Waals surface area contributed by atoms with Crippen LogP contribution in [0.2, 0.25) is 5.02 Å². The molecule has 0 aliphatic carbocycles. The highest BCUT2D eigenvalue weighted by Gasteiger charge is 2.01. The zero-order valence-electron chi connectivity index (χ0n) is 8.88. The normalized spacial score (nSPS) is 10.3. The Balaban J connectivity index is 2.07. The first-order valence-electron chi connectivity index (χ1n) is 5.08. The van der Waals surface area contributed by atoms with E-state index >= 15 is 0 Å². The fourth-order valence-corrected chi connectivity index (χ4v) is 2.04. The lowest BCUT2D eigenvalue weighted by atomic mass is 10.2. The molecule has 0 saturated carbocycles. The van der Waals surface area contributed by atoms with Crippen LogP contribution in [-0.4, -0.2) is 0 Å². The lowest BCUT2D eigenvalue weighted by Crippen LogP contribution is -2.00. The Kier molecular flexibility index (Phi) is 4.02. The molecule has 17 heavy (non-hydrogen) atoms. The van der Waals surface area contributed by atoms with E-state index in [9.17, 15) is 4.39 Å². The fourth-order valence-electron chi connectivity index (χ4n) is 1.44. The van der Waals surface area contributed by atoms with E-state index in [1.807, 2.05) is 18.2 Å². The van der Waals surface area contributed by atoms with Gasteiger partial charge in [-0.25, -0.2) is 4.39 Å². The van der Waals surface area contributed by atoms with E-state index in [0.29, 0.717) is 11.6 Å². The predicted molar refractivity (Wildman–Crippen MR) is 72.9 cm³/mol. The summed E-state index contributed by atoms with van der Waals surface area (Å²) in [6.45, 7) is 0.601. The topological polar surface area (TPSA) is 12.0 Å². The third kappa shape index (κ3) is 3.45. The molecule has 1 N–H and O–H groups in total. The van der Waals surface area contributed by atoms with Gasteiger partial charge in [0.25, 0.3) is 0 Å². The van der Waals surface area contributed by atoms with Crippen molar-refractivity contribution in [3.63, 3.8) is 0 Å². The maximum absolute atomic E-state index is 12.7. The largest absolute Gasteiger partial charge is 0.381 e. The van der Waals surface area contributed by atoms with Gasteiger partial charge >= 0.3 is 0 Å². The third-order valence-electron chi connectivity index (χ3n) is 2.33. The molecule has 0 aromatic heterocycles. The monoisotopic (exact) mass is 313 g/mol. The predicted octanol–water partition coefficient (Wildman–Crippen LogP) is 4.85. The Morgan fingerprint density at radius 1 is 1.12 bits per heavy atom. The SMILES string of the molecule is Fc1ccc(NCc2cc(Br)ccc2Cl)cc1. The number of hydrogen-bond donors (Lipinski definition) is 1. The minimum absolute atomic E-state index is 0.240. The van der Waals surface area contributed by atoms with Crippen molar-refractivity contribution in [2.75, 3.05) is 5.32 Å². The van der Waals surface area contributed by atoms with Crippen LogP contribution in [-0.2, 0) is 6.54 Å². The van der Waals surface area contributed by atoms with Gasteiger partial charge in [-0.1, -0.05) is 27.5 Å². The molecule has 0 radical (unpaired) electrons. The molecule has 4 heteroatoms. The number of nitrogens with one attached hydrogen (secondary N) is 1. The summed E-state index contributed by atoms with van der Waals surface area (Å²) in [5, 5.41) is 3.90. The van der Waals surface area contributed by atoms with Gasteiger partial charge in [-0.15, -0.1) is 0 Å². The molecule has 0 amide bonds. The van der Waals surface area contributed by atoms with E-state index in [4.69, 9.17) is 11.6 Å². The number of anilines is 1. The summed E-state index contributed by atoms with van der Waals surface area (Å²) in [4.78, 5) is 0. The number of benzene rings is 2. The van der Waals surface area contributed by atoms with Crippen LogP contribution in [0.15, 0.2) is 46.9 Å². The lowest BCUT2D eigenvalue weighted by Gasteiger charge is -2.08. The highest BCUT2D eigenvalue weighted by molar-refractivity contribution is 9.10. The van der Waals surface area contributed by atoms with Crippen LogP contribution >= 0.6 is 27.5 Å². The van der Waals surface area contributed by atoms with Crippen molar-refractivity contribution in [1.29, 1.82) is 0 Å². The highest BCUT2D eigenvalue weighted by atomic mass is 79.9. The van der Waals surface area contributed by atoms with Crippen molar-refractivity contribution in [2.45, 2.75) is 6.54 Å². The standard InChI is InChI=1S/C13H10BrClFN/c14-10-1-6-13(15)9(7-10)8-17-12-4-2-11(16)3-5-12/h1-7,17H,8H2. The molecule has 0 heterocycles. The molecular weight excluding hydrogens is 305 g/mol. The molecule has 0 saturated heterocycles. The average molecular weight is 315 g/mol. The van der Waals surface area contributed by atoms with Gasteiger partial charge in [-0.05, 0) is 48.0 Å². The van der Waals surface area contributed by atoms with Crippen LogP contribution in [0.3, 0.4) is 0 Å². The summed E-state index contributed by atoms with van der Waals surface area (Å²) in [5.41, 5.74) is 1.85. The zero-order valence-corrected chi connectivity index (χ0v) is 11.2. The second-order valence-electron chi connectivity index (χ2n) is 3.60. The summed E-state index contributed by atoms with van der Waals surface area (Å²) >= 11 is 9.46. The molecule has 2 rings (SSSR count).